The van der Waals surface area contributed by atoms with E-state index in [9.17, 15) is 5.26 Å². The van der Waals surface area contributed by atoms with E-state index in [2.05, 4.69) is 235 Å². The molecule has 0 unspecified atom stereocenters. The minimum Gasteiger partial charge on any atom is -0.309 e. The number of nitrogens with zero attached hydrogens (tertiary/aromatic N) is 6. The van der Waals surface area contributed by atoms with Crippen LogP contribution in [0.3, 0.4) is 0 Å². The van der Waals surface area contributed by atoms with Crippen LogP contribution in [-0.4, -0.2) is 24.1 Å². The van der Waals surface area contributed by atoms with Gasteiger partial charge in [0.1, 0.15) is 6.07 Å². The van der Waals surface area contributed by atoms with Crippen molar-refractivity contribution in [3.05, 3.63) is 235 Å². The molecule has 0 fully saturated rings. The van der Waals surface area contributed by atoms with Crippen LogP contribution in [0.5, 0.6) is 0 Å². The maximum atomic E-state index is 11.3. The molecule has 4 aromatic heterocycles. The van der Waals surface area contributed by atoms with Crippen molar-refractivity contribution in [2.45, 2.75) is 19.3 Å². The molecule has 14 aromatic rings. The van der Waals surface area contributed by atoms with Crippen molar-refractivity contribution >= 4 is 75.1 Å². The lowest BCUT2D eigenvalue weighted by molar-refractivity contribution is 0.660. The summed E-state index contributed by atoms with van der Waals surface area (Å²) in [7, 11) is 0. The first-order valence-corrected chi connectivity index (χ1v) is 25.8. The van der Waals surface area contributed by atoms with Gasteiger partial charge in [0, 0.05) is 69.5 Å². The highest BCUT2D eigenvalue weighted by molar-refractivity contribution is 7.25. The van der Waals surface area contributed by atoms with Gasteiger partial charge in [0.2, 0.25) is 0 Å². The Morgan fingerprint density at radius 2 is 1.04 bits per heavy atom. The number of thiophene rings is 1. The molecule has 0 N–H and O–H groups in total. The molecule has 4 heterocycles. The van der Waals surface area contributed by atoms with Crippen LogP contribution in [0.1, 0.15) is 30.5 Å². The van der Waals surface area contributed by atoms with Crippen molar-refractivity contribution in [1.82, 2.24) is 24.1 Å². The number of para-hydroxylation sites is 2. The molecule has 346 valence electrons. The summed E-state index contributed by atoms with van der Waals surface area (Å²) in [5, 5.41) is 18.2. The van der Waals surface area contributed by atoms with Crippen molar-refractivity contribution in [3.63, 3.8) is 0 Å². The van der Waals surface area contributed by atoms with Crippen molar-refractivity contribution < 1.29 is 0 Å². The maximum absolute atomic E-state index is 11.3. The first-order chi connectivity index (χ1) is 36.4. The van der Waals surface area contributed by atoms with Crippen LogP contribution in [-0.2, 0) is 5.41 Å². The summed E-state index contributed by atoms with van der Waals surface area (Å²) in [6.07, 6.45) is 0. The zero-order valence-corrected chi connectivity index (χ0v) is 41.2. The lowest BCUT2D eigenvalue weighted by Crippen LogP contribution is -2.15. The highest BCUT2D eigenvalue weighted by Crippen LogP contribution is 2.50. The number of aromatic nitrogens is 5. The Bertz CT molecular complexity index is 4720. The number of hydrogen-bond acceptors (Lipinski definition) is 5. The average Bonchev–Trinajstić information content (AvgIpc) is 4.20. The molecule has 0 saturated carbocycles. The summed E-state index contributed by atoms with van der Waals surface area (Å²) < 4.78 is 7.17. The van der Waals surface area contributed by atoms with Crippen molar-refractivity contribution in [3.8, 4) is 73.9 Å². The fourth-order valence-electron chi connectivity index (χ4n) is 11.9. The third-order valence-electron chi connectivity index (χ3n) is 15.4. The van der Waals surface area contributed by atoms with Crippen molar-refractivity contribution in [2.75, 3.05) is 0 Å². The zero-order valence-electron chi connectivity index (χ0n) is 40.4. The van der Waals surface area contributed by atoms with E-state index in [0.717, 1.165) is 82.8 Å². The molecule has 0 saturated heterocycles. The molecule has 0 spiro atoms. The SMILES string of the molecule is CC1(C)c2ccccc2-c2ccc(-n3c4ccccc4c4c3ccc3c5ccccc5n(-c5ccc(-c6nc(-c7cccc(-c8ccccc8)c7)nc(-c7ccc8sc9ccccc9c8c7)n6)cc5C#N)c34)cc21. The third kappa shape index (κ3) is 6.25. The van der Waals surface area contributed by atoms with E-state index in [0.29, 0.717) is 23.0 Å². The van der Waals surface area contributed by atoms with Crippen molar-refractivity contribution in [1.29, 1.82) is 5.26 Å². The number of fused-ring (bicyclic) bond motifs is 13. The van der Waals surface area contributed by atoms with Crippen LogP contribution in [0.4, 0.5) is 0 Å². The molecule has 0 bridgehead atoms. The largest absolute Gasteiger partial charge is 0.309 e. The fraction of sp³-hybridized carbons (Fsp3) is 0.0448. The zero-order chi connectivity index (χ0) is 49.2. The van der Waals surface area contributed by atoms with Crippen LogP contribution in [0.2, 0.25) is 0 Å². The molecule has 0 radical (unpaired) electrons. The third-order valence-corrected chi connectivity index (χ3v) is 16.6. The van der Waals surface area contributed by atoms with E-state index in [4.69, 9.17) is 15.0 Å². The second kappa shape index (κ2) is 16.0. The lowest BCUT2D eigenvalue weighted by Gasteiger charge is -2.22. The van der Waals surface area contributed by atoms with Gasteiger partial charge in [-0.2, -0.15) is 5.26 Å². The molecule has 10 aromatic carbocycles. The molecule has 6 nitrogen and oxygen atoms in total. The second-order valence-electron chi connectivity index (χ2n) is 19.9. The van der Waals surface area contributed by atoms with Gasteiger partial charge in [0.05, 0.1) is 33.3 Å². The molecule has 1 aliphatic rings. The van der Waals surface area contributed by atoms with E-state index in [1.54, 1.807) is 11.3 Å². The van der Waals surface area contributed by atoms with Crippen molar-refractivity contribution in [2.24, 2.45) is 0 Å². The Kier molecular flexibility index (Phi) is 9.14. The Balaban J connectivity index is 0.927. The van der Waals surface area contributed by atoms with Gasteiger partial charge in [0.15, 0.2) is 17.5 Å². The molecule has 0 amide bonds. The minimum absolute atomic E-state index is 0.147. The number of hydrogen-bond donors (Lipinski definition) is 0. The molecule has 7 heteroatoms. The van der Waals surface area contributed by atoms with E-state index in [-0.39, 0.29) is 5.41 Å². The monoisotopic (exact) mass is 962 g/mol. The normalized spacial score (nSPS) is 12.8. The van der Waals surface area contributed by atoms with Gasteiger partial charge in [-0.15, -0.1) is 11.3 Å². The van der Waals surface area contributed by atoms with E-state index >= 15 is 0 Å². The maximum Gasteiger partial charge on any atom is 0.164 e. The molecule has 0 aliphatic heterocycles. The Labute approximate surface area is 430 Å². The van der Waals surface area contributed by atoms with Crippen LogP contribution < -0.4 is 0 Å². The predicted octanol–water partition coefficient (Wildman–Crippen LogP) is 17.3. The van der Waals surface area contributed by atoms with Crippen LogP contribution >= 0.6 is 11.3 Å². The predicted molar refractivity (Wildman–Crippen MR) is 305 cm³/mol. The van der Waals surface area contributed by atoms with Gasteiger partial charge in [-0.25, -0.2) is 15.0 Å². The quantitative estimate of drug-likeness (QED) is 0.166. The smallest absolute Gasteiger partial charge is 0.164 e. The molecule has 1 aliphatic carbocycles. The Hall–Kier alpha value is -9.48. The molecular weight excluding hydrogens is 921 g/mol. The summed E-state index contributed by atoms with van der Waals surface area (Å²) in [6, 6.07) is 80.0. The molecular formula is C67H42N6S. The first-order valence-electron chi connectivity index (χ1n) is 25.0. The summed E-state index contributed by atoms with van der Waals surface area (Å²) in [6.45, 7) is 4.67. The van der Waals surface area contributed by atoms with Gasteiger partial charge >= 0.3 is 0 Å². The summed E-state index contributed by atoms with van der Waals surface area (Å²) in [4.78, 5) is 15.6. The van der Waals surface area contributed by atoms with Crippen LogP contribution in [0, 0.1) is 11.3 Å². The van der Waals surface area contributed by atoms with Gasteiger partial charge < -0.3 is 9.13 Å². The number of nitriles is 1. The van der Waals surface area contributed by atoms with Gasteiger partial charge in [0.25, 0.3) is 0 Å². The highest BCUT2D eigenvalue weighted by Gasteiger charge is 2.35. The molecule has 15 rings (SSSR count). The lowest BCUT2D eigenvalue weighted by atomic mass is 9.82. The molecule has 74 heavy (non-hydrogen) atoms. The van der Waals surface area contributed by atoms with Crippen LogP contribution in [0.15, 0.2) is 218 Å². The number of benzene rings is 10. The van der Waals surface area contributed by atoms with E-state index in [1.807, 2.05) is 12.1 Å². The average molecular weight is 963 g/mol. The number of rotatable bonds is 6. The second-order valence-corrected chi connectivity index (χ2v) is 21.0. The Morgan fingerprint density at radius 3 is 1.85 bits per heavy atom. The van der Waals surface area contributed by atoms with E-state index in [1.165, 1.54) is 42.4 Å². The standard InChI is InChI=1S/C67H42N6S/c1-67(2)54-23-10-6-19-47(54)48-30-29-46(38-55(48)67)72-58-25-12-8-22-52(58)62-59(72)33-31-51-49-20-7-11-24-57(49)73(63(51)62)56-32-27-43(36-45(56)39-68)65-69-64(42-18-14-17-41(35-42)40-15-4-3-5-16-40)70-66(71-65)44-28-34-61-53(37-44)50-21-9-13-26-60(50)74-61/h3-38H,1-2H3. The van der Waals surface area contributed by atoms with Gasteiger partial charge in [-0.05, 0) is 112 Å². The minimum atomic E-state index is -0.147. The Morgan fingerprint density at radius 1 is 0.419 bits per heavy atom. The van der Waals surface area contributed by atoms with Crippen LogP contribution in [0.25, 0.3) is 132 Å². The van der Waals surface area contributed by atoms with Gasteiger partial charge in [-0.3, -0.25) is 0 Å². The van der Waals surface area contributed by atoms with Gasteiger partial charge in [-0.1, -0.05) is 153 Å². The summed E-state index contributed by atoms with van der Waals surface area (Å²) >= 11 is 1.79. The summed E-state index contributed by atoms with van der Waals surface area (Å²) in [5.74, 6) is 1.60. The fourth-order valence-corrected chi connectivity index (χ4v) is 13.0. The highest BCUT2D eigenvalue weighted by atomic mass is 32.1. The summed E-state index contributed by atoms with van der Waals surface area (Å²) in [5.41, 5.74) is 16.5. The first kappa shape index (κ1) is 42.2. The van der Waals surface area contributed by atoms with E-state index < -0.39 is 0 Å². The molecule has 0 atom stereocenters. The topological polar surface area (TPSA) is 72.3 Å².